The second kappa shape index (κ2) is 9.07. The molecule has 0 radical (unpaired) electrons. The fourth-order valence-electron chi connectivity index (χ4n) is 1.46. The number of esters is 4. The average Bonchev–Trinajstić information content (AvgIpc) is 2.39. The molecule has 10 heteroatoms. The lowest BCUT2D eigenvalue weighted by Crippen LogP contribution is -2.52. The molecular weight excluding hydrogens is 304 g/mol. The van der Waals surface area contributed by atoms with Gasteiger partial charge in [-0.25, -0.2) is 4.79 Å². The van der Waals surface area contributed by atoms with Gasteiger partial charge in [0.2, 0.25) is 6.10 Å². The normalized spacial score (nSPS) is 15.9. The molecule has 0 bridgehead atoms. The summed E-state index contributed by atoms with van der Waals surface area (Å²) in [4.78, 5) is 44.7. The highest BCUT2D eigenvalue weighted by atomic mass is 16.6. The Kier molecular flexibility index (Phi) is 8.23. The fourth-order valence-corrected chi connectivity index (χ4v) is 1.46. The van der Waals surface area contributed by atoms with Gasteiger partial charge in [-0.3, -0.25) is 14.4 Å². The van der Waals surface area contributed by atoms with E-state index in [-0.39, 0.29) is 0 Å². The van der Waals surface area contributed by atoms with E-state index >= 15 is 0 Å². The van der Waals surface area contributed by atoms with E-state index in [9.17, 15) is 29.4 Å². The number of carbonyl (C=O) groups excluding carboxylic acids is 4. The Morgan fingerprint density at radius 1 is 0.909 bits per heavy atom. The molecule has 0 aliphatic carbocycles. The van der Waals surface area contributed by atoms with Crippen LogP contribution in [0.2, 0.25) is 0 Å². The number of aliphatic hydroxyl groups is 3. The van der Waals surface area contributed by atoms with Gasteiger partial charge < -0.3 is 29.5 Å². The second-order valence-corrected chi connectivity index (χ2v) is 4.26. The molecule has 126 valence electrons. The van der Waals surface area contributed by atoms with E-state index in [1.165, 1.54) is 0 Å². The van der Waals surface area contributed by atoms with Crippen LogP contribution in [0, 0.1) is 0 Å². The number of rotatable bonds is 7. The molecule has 0 fully saturated rings. The summed E-state index contributed by atoms with van der Waals surface area (Å²) in [6, 6.07) is 0. The van der Waals surface area contributed by atoms with Gasteiger partial charge in [0.15, 0.2) is 6.10 Å². The Bertz CT molecular complexity index is 432. The molecule has 0 saturated carbocycles. The molecule has 22 heavy (non-hydrogen) atoms. The highest BCUT2D eigenvalue weighted by Gasteiger charge is 2.43. The summed E-state index contributed by atoms with van der Waals surface area (Å²) in [5, 5.41) is 28.0. The van der Waals surface area contributed by atoms with Crippen molar-refractivity contribution >= 4 is 23.9 Å². The number of ether oxygens (including phenoxy) is 3. The molecule has 0 saturated heterocycles. The van der Waals surface area contributed by atoms with Crippen LogP contribution < -0.4 is 0 Å². The third-order valence-electron chi connectivity index (χ3n) is 2.29. The summed E-state index contributed by atoms with van der Waals surface area (Å²) in [7, 11) is 0. The van der Waals surface area contributed by atoms with Crippen LogP contribution in [-0.4, -0.2) is 70.2 Å². The van der Waals surface area contributed by atoms with Crippen LogP contribution in [0.3, 0.4) is 0 Å². The molecule has 0 heterocycles. The Hall–Kier alpha value is -2.04. The highest BCUT2D eigenvalue weighted by molar-refractivity contribution is 5.88. The fraction of sp³-hybridized carbons (Fsp3) is 0.667. The van der Waals surface area contributed by atoms with Crippen LogP contribution in [0.25, 0.3) is 0 Å². The van der Waals surface area contributed by atoms with Crippen LogP contribution in [-0.2, 0) is 33.4 Å². The molecule has 0 amide bonds. The van der Waals surface area contributed by atoms with Crippen LogP contribution >= 0.6 is 0 Å². The van der Waals surface area contributed by atoms with E-state index in [4.69, 9.17) is 5.11 Å². The average molecular weight is 322 g/mol. The SMILES string of the molecule is CC(=O)OC(=O)[C@H](OC(C)=O)[C@@H](OC(C)=O)[C@H](O)[C@H](O)CO. The zero-order valence-corrected chi connectivity index (χ0v) is 12.2. The molecule has 3 N–H and O–H groups in total. The van der Waals surface area contributed by atoms with Crippen LogP contribution in [0.1, 0.15) is 20.8 Å². The first kappa shape index (κ1) is 20.0. The molecule has 0 aromatic carbocycles. The van der Waals surface area contributed by atoms with E-state index in [0.717, 1.165) is 20.8 Å². The van der Waals surface area contributed by atoms with Crippen molar-refractivity contribution in [1.82, 2.24) is 0 Å². The number of aliphatic hydroxyl groups excluding tert-OH is 3. The summed E-state index contributed by atoms with van der Waals surface area (Å²) in [5.41, 5.74) is 0. The smallest absolute Gasteiger partial charge is 0.359 e. The second-order valence-electron chi connectivity index (χ2n) is 4.26. The summed E-state index contributed by atoms with van der Waals surface area (Å²) < 4.78 is 13.5. The quantitative estimate of drug-likeness (QED) is 0.263. The summed E-state index contributed by atoms with van der Waals surface area (Å²) in [6.07, 6.45) is -7.65. The molecule has 0 spiro atoms. The van der Waals surface area contributed by atoms with Gasteiger partial charge >= 0.3 is 23.9 Å². The van der Waals surface area contributed by atoms with Crippen molar-refractivity contribution in [2.45, 2.75) is 45.2 Å². The molecule has 0 aliphatic heterocycles. The minimum Gasteiger partial charge on any atom is -0.455 e. The van der Waals surface area contributed by atoms with Crippen LogP contribution in [0.5, 0.6) is 0 Å². The van der Waals surface area contributed by atoms with Crippen molar-refractivity contribution in [2.75, 3.05) is 6.61 Å². The molecule has 10 nitrogen and oxygen atoms in total. The number of hydrogen-bond acceptors (Lipinski definition) is 10. The van der Waals surface area contributed by atoms with Crippen molar-refractivity contribution < 1.29 is 48.7 Å². The van der Waals surface area contributed by atoms with Gasteiger partial charge in [-0.15, -0.1) is 0 Å². The molecule has 4 atom stereocenters. The molecular formula is C12H18O10. The lowest BCUT2D eigenvalue weighted by Gasteiger charge is -2.29. The van der Waals surface area contributed by atoms with Gasteiger partial charge in [0, 0.05) is 20.8 Å². The van der Waals surface area contributed by atoms with Gasteiger partial charge in [-0.1, -0.05) is 0 Å². The van der Waals surface area contributed by atoms with Crippen molar-refractivity contribution in [3.63, 3.8) is 0 Å². The van der Waals surface area contributed by atoms with E-state index < -0.39 is 54.9 Å². The van der Waals surface area contributed by atoms with Crippen molar-refractivity contribution in [2.24, 2.45) is 0 Å². The Morgan fingerprint density at radius 2 is 1.41 bits per heavy atom. The standard InChI is InChI=1S/C12H18O10/c1-5(14)20-10(9(18)8(17)4-13)11(21-6(2)15)12(19)22-7(3)16/h8-11,13,17-18H,4H2,1-3H3/t8-,9-,10+,11-/m1/s1. The maximum atomic E-state index is 11.8. The summed E-state index contributed by atoms with van der Waals surface area (Å²) in [5.74, 6) is -4.39. The van der Waals surface area contributed by atoms with E-state index in [0.29, 0.717) is 0 Å². The third kappa shape index (κ3) is 6.61. The van der Waals surface area contributed by atoms with E-state index in [1.54, 1.807) is 0 Å². The van der Waals surface area contributed by atoms with Crippen LogP contribution in [0.4, 0.5) is 0 Å². The minimum atomic E-state index is -2.00. The van der Waals surface area contributed by atoms with Gasteiger partial charge in [0.05, 0.1) is 6.61 Å². The number of carbonyl (C=O) groups is 4. The number of hydrogen-bond donors (Lipinski definition) is 3. The molecule has 0 aromatic rings. The molecule has 0 aromatic heterocycles. The lowest BCUT2D eigenvalue weighted by molar-refractivity contribution is -0.196. The predicted molar refractivity (Wildman–Crippen MR) is 67.0 cm³/mol. The first-order valence-electron chi connectivity index (χ1n) is 6.13. The van der Waals surface area contributed by atoms with Crippen LogP contribution in [0.15, 0.2) is 0 Å². The van der Waals surface area contributed by atoms with E-state index in [2.05, 4.69) is 14.2 Å². The summed E-state index contributed by atoms with van der Waals surface area (Å²) >= 11 is 0. The Morgan fingerprint density at radius 3 is 1.77 bits per heavy atom. The van der Waals surface area contributed by atoms with E-state index in [1.807, 2.05) is 0 Å². The topological polar surface area (TPSA) is 157 Å². The van der Waals surface area contributed by atoms with Crippen molar-refractivity contribution in [3.05, 3.63) is 0 Å². The van der Waals surface area contributed by atoms with Gasteiger partial charge in [-0.2, -0.15) is 0 Å². The van der Waals surface area contributed by atoms with Gasteiger partial charge in [-0.05, 0) is 0 Å². The first-order valence-corrected chi connectivity index (χ1v) is 6.13. The zero-order chi connectivity index (χ0) is 17.4. The largest absolute Gasteiger partial charge is 0.455 e. The van der Waals surface area contributed by atoms with Gasteiger partial charge in [0.1, 0.15) is 12.2 Å². The third-order valence-corrected chi connectivity index (χ3v) is 2.29. The summed E-state index contributed by atoms with van der Waals surface area (Å²) in [6.45, 7) is 1.84. The molecule has 0 aliphatic rings. The molecule has 0 rings (SSSR count). The lowest BCUT2D eigenvalue weighted by atomic mass is 10.0. The predicted octanol–water partition coefficient (Wildman–Crippen LogP) is -2.35. The minimum absolute atomic E-state index is 0.905. The Balaban J connectivity index is 5.50. The monoisotopic (exact) mass is 322 g/mol. The highest BCUT2D eigenvalue weighted by Crippen LogP contribution is 2.15. The maximum Gasteiger partial charge on any atom is 0.359 e. The van der Waals surface area contributed by atoms with Crippen molar-refractivity contribution in [3.8, 4) is 0 Å². The Labute approximate surface area is 125 Å². The molecule has 0 unspecified atom stereocenters. The van der Waals surface area contributed by atoms with Crippen molar-refractivity contribution in [1.29, 1.82) is 0 Å². The van der Waals surface area contributed by atoms with Gasteiger partial charge in [0.25, 0.3) is 0 Å². The maximum absolute atomic E-state index is 11.8. The first-order chi connectivity index (χ1) is 10.1. The zero-order valence-electron chi connectivity index (χ0n) is 12.2.